The molecule has 3 heteroatoms. The Morgan fingerprint density at radius 1 is 1.46 bits per heavy atom. The second kappa shape index (κ2) is 4.14. The highest BCUT2D eigenvalue weighted by Crippen LogP contribution is 2.20. The Morgan fingerprint density at radius 3 is 2.69 bits per heavy atom. The predicted octanol–water partition coefficient (Wildman–Crippen LogP) is 1.47. The molecule has 0 saturated carbocycles. The minimum absolute atomic E-state index is 0.156. The molecule has 0 aliphatic carbocycles. The van der Waals surface area contributed by atoms with Gasteiger partial charge in [-0.3, -0.25) is 0 Å². The lowest BCUT2D eigenvalue weighted by molar-refractivity contribution is 0.476. The zero-order valence-corrected chi connectivity index (χ0v) is 8.04. The average molecular weight is 180 g/mol. The summed E-state index contributed by atoms with van der Waals surface area (Å²) in [6, 6.07) is 5.75. The fourth-order valence-corrected chi connectivity index (χ4v) is 1.02. The molecule has 0 radical (unpaired) electrons. The van der Waals surface area contributed by atoms with Crippen molar-refractivity contribution in [1.29, 1.82) is 0 Å². The van der Waals surface area contributed by atoms with Crippen molar-refractivity contribution in [3.63, 3.8) is 0 Å². The summed E-state index contributed by atoms with van der Waals surface area (Å²) >= 11 is 0. The lowest BCUT2D eigenvalue weighted by Gasteiger charge is -2.08. The van der Waals surface area contributed by atoms with E-state index in [0.29, 0.717) is 11.7 Å². The summed E-state index contributed by atoms with van der Waals surface area (Å²) in [6.45, 7) is 4.92. The number of anilines is 1. The standard InChI is InChI=1S/C10H16N2O/c1-7(2)12-6-8-3-4-9(11)10(13)5-8/h3-5,7,12-13H,6,11H2,1-2H3. The van der Waals surface area contributed by atoms with Crippen LogP contribution >= 0.6 is 0 Å². The van der Waals surface area contributed by atoms with E-state index < -0.39 is 0 Å². The number of rotatable bonds is 3. The molecule has 0 unspecified atom stereocenters. The Morgan fingerprint density at radius 2 is 2.15 bits per heavy atom. The molecule has 0 heterocycles. The number of phenolic OH excluding ortho intramolecular Hbond substituents is 1. The Hall–Kier alpha value is -1.22. The van der Waals surface area contributed by atoms with Crippen molar-refractivity contribution in [2.24, 2.45) is 0 Å². The van der Waals surface area contributed by atoms with Gasteiger partial charge in [0.25, 0.3) is 0 Å². The van der Waals surface area contributed by atoms with Gasteiger partial charge in [0.05, 0.1) is 5.69 Å². The van der Waals surface area contributed by atoms with Crippen LogP contribution < -0.4 is 11.1 Å². The van der Waals surface area contributed by atoms with Crippen LogP contribution in [0.5, 0.6) is 5.75 Å². The van der Waals surface area contributed by atoms with Gasteiger partial charge in [0.15, 0.2) is 0 Å². The van der Waals surface area contributed by atoms with Gasteiger partial charge in [0, 0.05) is 12.6 Å². The van der Waals surface area contributed by atoms with E-state index in [4.69, 9.17) is 5.73 Å². The molecule has 0 bridgehead atoms. The van der Waals surface area contributed by atoms with Gasteiger partial charge in [-0.25, -0.2) is 0 Å². The molecule has 0 saturated heterocycles. The number of hydrogen-bond donors (Lipinski definition) is 3. The van der Waals surface area contributed by atoms with E-state index in [1.165, 1.54) is 0 Å². The molecule has 0 aromatic heterocycles. The van der Waals surface area contributed by atoms with Crippen LogP contribution in [0.25, 0.3) is 0 Å². The summed E-state index contributed by atoms with van der Waals surface area (Å²) in [6.07, 6.45) is 0. The number of phenols is 1. The van der Waals surface area contributed by atoms with Gasteiger partial charge in [-0.1, -0.05) is 19.9 Å². The number of aromatic hydroxyl groups is 1. The molecule has 0 amide bonds. The van der Waals surface area contributed by atoms with Crippen molar-refractivity contribution < 1.29 is 5.11 Å². The summed E-state index contributed by atoms with van der Waals surface area (Å²) in [5.41, 5.74) is 6.94. The van der Waals surface area contributed by atoms with E-state index in [-0.39, 0.29) is 5.75 Å². The quantitative estimate of drug-likeness (QED) is 0.487. The first-order valence-corrected chi connectivity index (χ1v) is 4.40. The van der Waals surface area contributed by atoms with Gasteiger partial charge in [-0.05, 0) is 17.7 Å². The van der Waals surface area contributed by atoms with Gasteiger partial charge >= 0.3 is 0 Å². The predicted molar refractivity (Wildman–Crippen MR) is 54.5 cm³/mol. The number of nitrogens with one attached hydrogen (secondary N) is 1. The van der Waals surface area contributed by atoms with E-state index >= 15 is 0 Å². The normalized spacial score (nSPS) is 10.7. The van der Waals surface area contributed by atoms with Gasteiger partial charge in [-0.2, -0.15) is 0 Å². The molecule has 13 heavy (non-hydrogen) atoms. The van der Waals surface area contributed by atoms with Crippen LogP contribution in [0.1, 0.15) is 19.4 Å². The van der Waals surface area contributed by atoms with Crippen molar-refractivity contribution in [3.05, 3.63) is 23.8 Å². The lowest BCUT2D eigenvalue weighted by Crippen LogP contribution is -2.21. The Balaban J connectivity index is 2.63. The molecular formula is C10H16N2O. The van der Waals surface area contributed by atoms with Crippen molar-refractivity contribution in [2.45, 2.75) is 26.4 Å². The van der Waals surface area contributed by atoms with Crippen LogP contribution in [0, 0.1) is 0 Å². The summed E-state index contributed by atoms with van der Waals surface area (Å²) in [5, 5.41) is 12.6. The van der Waals surface area contributed by atoms with Crippen molar-refractivity contribution in [3.8, 4) is 5.75 Å². The Bertz CT molecular complexity index is 284. The van der Waals surface area contributed by atoms with E-state index in [9.17, 15) is 5.11 Å². The molecule has 1 aromatic carbocycles. The van der Waals surface area contributed by atoms with Gasteiger partial charge < -0.3 is 16.2 Å². The Kier molecular flexibility index (Phi) is 3.14. The van der Waals surface area contributed by atoms with Crippen LogP contribution in [0.3, 0.4) is 0 Å². The smallest absolute Gasteiger partial charge is 0.138 e. The molecule has 3 nitrogen and oxygen atoms in total. The van der Waals surface area contributed by atoms with Crippen LogP contribution in [0.15, 0.2) is 18.2 Å². The summed E-state index contributed by atoms with van der Waals surface area (Å²) in [7, 11) is 0. The fourth-order valence-electron chi connectivity index (χ4n) is 1.02. The SMILES string of the molecule is CC(C)NCc1ccc(N)c(O)c1. The number of nitrogens with two attached hydrogens (primary N) is 1. The maximum Gasteiger partial charge on any atom is 0.138 e. The first-order chi connectivity index (χ1) is 6.09. The van der Waals surface area contributed by atoms with Crippen LogP contribution in [0.4, 0.5) is 5.69 Å². The summed E-state index contributed by atoms with van der Waals surface area (Å²) in [5.74, 6) is 0.156. The average Bonchev–Trinajstić information content (AvgIpc) is 2.07. The second-order valence-electron chi connectivity index (χ2n) is 3.43. The van der Waals surface area contributed by atoms with Gasteiger partial charge in [0.2, 0.25) is 0 Å². The van der Waals surface area contributed by atoms with Crippen LogP contribution in [0.2, 0.25) is 0 Å². The molecular weight excluding hydrogens is 164 g/mol. The topological polar surface area (TPSA) is 58.3 Å². The molecule has 0 spiro atoms. The fraction of sp³-hybridized carbons (Fsp3) is 0.400. The molecule has 0 aliphatic heterocycles. The zero-order valence-electron chi connectivity index (χ0n) is 8.04. The lowest BCUT2D eigenvalue weighted by atomic mass is 10.2. The first kappa shape index (κ1) is 9.86. The molecule has 72 valence electrons. The molecule has 0 aliphatic rings. The number of benzene rings is 1. The molecule has 0 fully saturated rings. The molecule has 4 N–H and O–H groups in total. The van der Waals surface area contributed by atoms with E-state index in [1.807, 2.05) is 6.07 Å². The third-order valence-electron chi connectivity index (χ3n) is 1.81. The largest absolute Gasteiger partial charge is 0.506 e. The molecule has 1 aromatic rings. The third-order valence-corrected chi connectivity index (χ3v) is 1.81. The van der Waals surface area contributed by atoms with Crippen LogP contribution in [-0.2, 0) is 6.54 Å². The van der Waals surface area contributed by atoms with Gasteiger partial charge in [0.1, 0.15) is 5.75 Å². The third kappa shape index (κ3) is 2.95. The maximum atomic E-state index is 9.31. The van der Waals surface area contributed by atoms with E-state index in [2.05, 4.69) is 19.2 Å². The van der Waals surface area contributed by atoms with Gasteiger partial charge in [-0.15, -0.1) is 0 Å². The number of hydrogen-bond acceptors (Lipinski definition) is 3. The second-order valence-corrected chi connectivity index (χ2v) is 3.43. The minimum atomic E-state index is 0.156. The summed E-state index contributed by atoms with van der Waals surface area (Å²) < 4.78 is 0. The van der Waals surface area contributed by atoms with Crippen molar-refractivity contribution in [2.75, 3.05) is 5.73 Å². The van der Waals surface area contributed by atoms with Crippen LogP contribution in [-0.4, -0.2) is 11.1 Å². The van der Waals surface area contributed by atoms with E-state index in [0.717, 1.165) is 12.1 Å². The number of nitrogen functional groups attached to an aromatic ring is 1. The minimum Gasteiger partial charge on any atom is -0.506 e. The van der Waals surface area contributed by atoms with Crippen molar-refractivity contribution in [1.82, 2.24) is 5.32 Å². The zero-order chi connectivity index (χ0) is 9.84. The highest BCUT2D eigenvalue weighted by Gasteiger charge is 1.99. The molecule has 0 atom stereocenters. The molecule has 1 rings (SSSR count). The van der Waals surface area contributed by atoms with E-state index in [1.54, 1.807) is 12.1 Å². The first-order valence-electron chi connectivity index (χ1n) is 4.40. The maximum absolute atomic E-state index is 9.31. The highest BCUT2D eigenvalue weighted by atomic mass is 16.3. The summed E-state index contributed by atoms with van der Waals surface area (Å²) in [4.78, 5) is 0. The monoisotopic (exact) mass is 180 g/mol. The highest BCUT2D eigenvalue weighted by molar-refractivity contribution is 5.52. The Labute approximate surface area is 78.6 Å². The van der Waals surface area contributed by atoms with Crippen molar-refractivity contribution >= 4 is 5.69 Å².